The van der Waals surface area contributed by atoms with Gasteiger partial charge in [0.05, 0.1) is 12.8 Å². The Labute approximate surface area is 112 Å². The van der Waals surface area contributed by atoms with Gasteiger partial charge in [0.2, 0.25) is 0 Å². The van der Waals surface area contributed by atoms with Crippen molar-refractivity contribution < 1.29 is 18.1 Å². The Morgan fingerprint density at radius 1 is 1.11 bits per heavy atom. The fourth-order valence-electron chi connectivity index (χ4n) is 1.74. The molecule has 0 fully saturated rings. The Morgan fingerprint density at radius 3 is 2.11 bits per heavy atom. The van der Waals surface area contributed by atoms with Crippen LogP contribution in [0.15, 0.2) is 0 Å². The van der Waals surface area contributed by atoms with Crippen LogP contribution in [0.1, 0.15) is 58.3 Å². The van der Waals surface area contributed by atoms with Crippen LogP contribution < -0.4 is 0 Å². The first-order valence-corrected chi connectivity index (χ1v) is 8.97. The van der Waals surface area contributed by atoms with Crippen molar-refractivity contribution in [1.82, 2.24) is 0 Å². The van der Waals surface area contributed by atoms with Gasteiger partial charge in [-0.3, -0.25) is 9.36 Å². The molecule has 0 saturated heterocycles. The second-order valence-corrected chi connectivity index (χ2v) is 6.95. The molecule has 2 unspecified atom stereocenters. The van der Waals surface area contributed by atoms with Crippen LogP contribution in [0.2, 0.25) is 0 Å². The molecular formula is C12H25FO3P2. The molecule has 6 heteroatoms. The Morgan fingerprint density at radius 2 is 1.61 bits per heavy atom. The number of carbonyl (C=O) groups is 1. The van der Waals surface area contributed by atoms with Gasteiger partial charge in [0.15, 0.2) is 0 Å². The summed E-state index contributed by atoms with van der Waals surface area (Å²) in [7, 11) is -1.62. The van der Waals surface area contributed by atoms with E-state index in [-0.39, 0.29) is 18.3 Å². The third-order valence-corrected chi connectivity index (χ3v) is 4.45. The average molecular weight is 298 g/mol. The van der Waals surface area contributed by atoms with Crippen LogP contribution in [0, 0.1) is 0 Å². The average Bonchev–Trinajstić information content (AvgIpc) is 2.26. The molecule has 18 heavy (non-hydrogen) atoms. The summed E-state index contributed by atoms with van der Waals surface area (Å²) in [6, 6.07) is 0. The van der Waals surface area contributed by atoms with Crippen LogP contribution >= 0.6 is 16.9 Å². The van der Waals surface area contributed by atoms with E-state index in [0.717, 1.165) is 38.5 Å². The van der Waals surface area contributed by atoms with Gasteiger partial charge in [0.1, 0.15) is 5.52 Å². The first-order chi connectivity index (χ1) is 8.48. The molecule has 0 rings (SSSR count). The molecule has 3 nitrogen and oxygen atoms in total. The highest BCUT2D eigenvalue weighted by molar-refractivity contribution is 7.53. The summed E-state index contributed by atoms with van der Waals surface area (Å²) in [6.07, 6.45) is 7.45. The lowest BCUT2D eigenvalue weighted by atomic mass is 10.1. The van der Waals surface area contributed by atoms with E-state index in [0.29, 0.717) is 12.8 Å². The van der Waals surface area contributed by atoms with Crippen molar-refractivity contribution in [3.8, 4) is 0 Å². The third kappa shape index (κ3) is 12.7. The van der Waals surface area contributed by atoms with Crippen LogP contribution in [0.5, 0.6) is 0 Å². The summed E-state index contributed by atoms with van der Waals surface area (Å²) in [4.78, 5) is 10.7. The van der Waals surface area contributed by atoms with Crippen molar-refractivity contribution in [2.45, 2.75) is 58.3 Å². The molecule has 0 saturated carbocycles. The highest BCUT2D eigenvalue weighted by Gasteiger charge is 2.19. The van der Waals surface area contributed by atoms with Crippen LogP contribution in [0.25, 0.3) is 0 Å². The van der Waals surface area contributed by atoms with Gasteiger partial charge in [-0.1, -0.05) is 41.3 Å². The molecular weight excluding hydrogens is 273 g/mol. The molecule has 0 aliphatic rings. The maximum Gasteiger partial charge on any atom is 0.367 e. The van der Waals surface area contributed by atoms with Crippen molar-refractivity contribution in [3.05, 3.63) is 0 Å². The molecule has 0 radical (unpaired) electrons. The molecule has 108 valence electrons. The maximum absolute atomic E-state index is 13.1. The lowest BCUT2D eigenvalue weighted by molar-refractivity contribution is -0.111. The number of hydrogen-bond acceptors (Lipinski definition) is 3. The van der Waals surface area contributed by atoms with Crippen molar-refractivity contribution in [2.75, 3.05) is 12.8 Å². The standard InChI is InChI=1S/C12H25FO3P2/c1-2-16-18(13,15)11-9-7-5-3-4-6-8-10-12(14)17/h2-11,17H2,1H3. The first kappa shape index (κ1) is 18.2. The van der Waals surface area contributed by atoms with Gasteiger partial charge < -0.3 is 4.52 Å². The summed E-state index contributed by atoms with van der Waals surface area (Å²) in [5.41, 5.74) is 0.171. The molecule has 0 bridgehead atoms. The smallest absolute Gasteiger partial charge is 0.306 e. The lowest BCUT2D eigenvalue weighted by Gasteiger charge is -2.07. The van der Waals surface area contributed by atoms with E-state index in [2.05, 4.69) is 13.8 Å². The molecule has 0 aromatic carbocycles. The fraction of sp³-hybridized carbons (Fsp3) is 0.917. The first-order valence-electron chi connectivity index (χ1n) is 6.69. The Bertz CT molecular complexity index is 272. The number of carbonyl (C=O) groups excluding carboxylic acids is 1. The Kier molecular flexibility index (Phi) is 11.2. The second kappa shape index (κ2) is 11.1. The summed E-state index contributed by atoms with van der Waals surface area (Å²) in [6.45, 7) is 1.81. The minimum atomic E-state index is -3.81. The zero-order valence-electron chi connectivity index (χ0n) is 11.2. The van der Waals surface area contributed by atoms with Gasteiger partial charge in [0.25, 0.3) is 0 Å². The van der Waals surface area contributed by atoms with Crippen LogP contribution in [-0.4, -0.2) is 18.3 Å². The monoisotopic (exact) mass is 298 g/mol. The van der Waals surface area contributed by atoms with Crippen LogP contribution in [0.3, 0.4) is 0 Å². The third-order valence-electron chi connectivity index (χ3n) is 2.67. The van der Waals surface area contributed by atoms with E-state index in [1.54, 1.807) is 6.92 Å². The molecule has 0 amide bonds. The van der Waals surface area contributed by atoms with Crippen LogP contribution in [0.4, 0.5) is 4.20 Å². The molecule has 0 heterocycles. The highest BCUT2D eigenvalue weighted by atomic mass is 31.2. The molecule has 0 N–H and O–H groups in total. The maximum atomic E-state index is 13.1. The molecule has 0 spiro atoms. The van der Waals surface area contributed by atoms with E-state index >= 15 is 0 Å². The van der Waals surface area contributed by atoms with Crippen molar-refractivity contribution in [3.63, 3.8) is 0 Å². The lowest BCUT2D eigenvalue weighted by Crippen LogP contribution is -1.91. The van der Waals surface area contributed by atoms with Crippen molar-refractivity contribution in [2.24, 2.45) is 0 Å². The van der Waals surface area contributed by atoms with Gasteiger partial charge in [0, 0.05) is 6.42 Å². The van der Waals surface area contributed by atoms with Crippen molar-refractivity contribution >= 4 is 22.4 Å². The van der Waals surface area contributed by atoms with Crippen LogP contribution in [-0.2, 0) is 13.9 Å². The predicted octanol–water partition coefficient (Wildman–Crippen LogP) is 4.71. The molecule has 0 aromatic heterocycles. The van der Waals surface area contributed by atoms with E-state index in [4.69, 9.17) is 0 Å². The Hall–Kier alpha value is 0.220. The summed E-state index contributed by atoms with van der Waals surface area (Å²) in [5, 5.41) is 0. The minimum absolute atomic E-state index is 0.0440. The van der Waals surface area contributed by atoms with E-state index in [1.165, 1.54) is 0 Å². The quantitative estimate of drug-likeness (QED) is 0.387. The second-order valence-electron chi connectivity index (χ2n) is 4.42. The Balaban J connectivity index is 3.26. The molecule has 0 aliphatic heterocycles. The summed E-state index contributed by atoms with van der Waals surface area (Å²) >= 11 is 0. The van der Waals surface area contributed by atoms with E-state index in [1.807, 2.05) is 0 Å². The normalized spacial score (nSPS) is 14.4. The number of unbranched alkanes of at least 4 members (excludes halogenated alkanes) is 6. The van der Waals surface area contributed by atoms with Gasteiger partial charge >= 0.3 is 7.68 Å². The predicted molar refractivity (Wildman–Crippen MR) is 76.9 cm³/mol. The number of halogens is 1. The molecule has 0 aromatic rings. The molecule has 0 aliphatic carbocycles. The van der Waals surface area contributed by atoms with Gasteiger partial charge in [-0.05, 0) is 19.8 Å². The number of rotatable bonds is 12. The van der Waals surface area contributed by atoms with Gasteiger partial charge in [-0.25, -0.2) is 0 Å². The highest BCUT2D eigenvalue weighted by Crippen LogP contribution is 2.49. The largest absolute Gasteiger partial charge is 0.367 e. The number of hydrogen-bond donors (Lipinski definition) is 0. The van der Waals surface area contributed by atoms with Gasteiger partial charge in [-0.15, -0.1) is 0 Å². The van der Waals surface area contributed by atoms with E-state index in [9.17, 15) is 13.6 Å². The minimum Gasteiger partial charge on any atom is -0.306 e. The molecule has 2 atom stereocenters. The van der Waals surface area contributed by atoms with Gasteiger partial charge in [-0.2, -0.15) is 4.20 Å². The van der Waals surface area contributed by atoms with E-state index < -0.39 is 7.68 Å². The zero-order chi connectivity index (χ0) is 13.9. The zero-order valence-corrected chi connectivity index (χ0v) is 13.2. The summed E-state index contributed by atoms with van der Waals surface area (Å²) in [5.74, 6) is 0. The van der Waals surface area contributed by atoms with Crippen molar-refractivity contribution in [1.29, 1.82) is 0 Å². The SMILES string of the molecule is CCOP(=O)(F)CCCCCCCCCC(=O)P. The topological polar surface area (TPSA) is 43.4 Å². The summed E-state index contributed by atoms with van der Waals surface area (Å²) < 4.78 is 28.8. The fourth-order valence-corrected chi connectivity index (χ4v) is 3.06.